The van der Waals surface area contributed by atoms with Crippen LogP contribution in [-0.2, 0) is 44.6 Å². The number of hydrogen-bond acceptors (Lipinski definition) is 13. The zero-order chi connectivity index (χ0) is 26.2. The average molecular weight is 613 g/mol. The maximum absolute atomic E-state index is 12.8. The number of aromatic nitrogens is 1. The Morgan fingerprint density at radius 1 is 1.19 bits per heavy atom. The Bertz CT molecular complexity index is 1300. The Morgan fingerprint density at radius 2 is 1.73 bits per heavy atom. The zero-order valence-electron chi connectivity index (χ0n) is 19.9. The number of β-lactam (4-membered cyclic amide) rings is 1. The normalized spacial score (nSPS) is 17.7. The van der Waals surface area contributed by atoms with Crippen LogP contribution in [0, 0.1) is 0 Å². The molecule has 2 heterocycles. The third-order valence-corrected chi connectivity index (χ3v) is 5.98. The molecule has 2 rings (SSSR count). The molecule has 0 bridgehead atoms. The van der Waals surface area contributed by atoms with E-state index < -0.39 is 72.0 Å². The van der Waals surface area contributed by atoms with Crippen LogP contribution in [0.4, 0.5) is 5.13 Å². The van der Waals surface area contributed by atoms with E-state index in [1.165, 1.54) is 5.38 Å². The zero-order valence-corrected chi connectivity index (χ0v) is 28.3. The second kappa shape index (κ2) is 14.3. The summed E-state index contributed by atoms with van der Waals surface area (Å²) in [6, 6.07) is -4.42. The number of thiazole rings is 1. The van der Waals surface area contributed by atoms with Crippen molar-refractivity contribution in [3.63, 3.8) is 0 Å². The number of nitrogen functional groups attached to an aromatic ring is 1. The first-order valence-corrected chi connectivity index (χ1v) is 12.2. The smallest absolute Gasteiger partial charge is 0.363 e. The first-order valence-electron chi connectivity index (χ1n) is 8.46. The van der Waals surface area contributed by atoms with Crippen molar-refractivity contribution in [3.05, 3.63) is 11.1 Å². The molecule has 3 amide bonds. The molecule has 0 unspecified atom stereocenters. The summed E-state index contributed by atoms with van der Waals surface area (Å²) in [6.45, 7) is 2.16. The molecule has 1 aliphatic heterocycles. The summed E-state index contributed by atoms with van der Waals surface area (Å²) in [7, 11) is -10.6. The van der Waals surface area contributed by atoms with Crippen molar-refractivity contribution in [1.82, 2.24) is 19.3 Å². The average Bonchev–Trinajstić information content (AvgIpc) is 3.07. The van der Waals surface area contributed by atoms with E-state index in [2.05, 4.69) is 10.1 Å². The van der Waals surface area contributed by atoms with Crippen molar-refractivity contribution in [2.75, 3.05) is 5.73 Å². The van der Waals surface area contributed by atoms with Gasteiger partial charge in [0.25, 0.3) is 17.7 Å². The van der Waals surface area contributed by atoms with Crippen LogP contribution in [0.2, 0.25) is 0 Å². The monoisotopic (exact) mass is 613 g/mol. The Morgan fingerprint density at radius 3 is 2.14 bits per heavy atom. The summed E-state index contributed by atoms with van der Waals surface area (Å²) in [6.07, 6.45) is 0. The second-order valence-electron chi connectivity index (χ2n) is 6.87. The molecular weight excluding hydrogens is 597 g/mol. The number of rotatable bonds is 9. The van der Waals surface area contributed by atoms with Gasteiger partial charge in [0.2, 0.25) is 5.60 Å². The van der Waals surface area contributed by atoms with Crippen molar-refractivity contribution in [2.24, 2.45) is 5.16 Å². The number of anilines is 1. The topological polar surface area (TPSA) is 285 Å². The van der Waals surface area contributed by atoms with Crippen LogP contribution >= 0.6 is 11.3 Å². The van der Waals surface area contributed by atoms with Crippen LogP contribution in [0.25, 0.3) is 0 Å². The number of oxime groups is 1. The van der Waals surface area contributed by atoms with Crippen LogP contribution in [0.3, 0.4) is 0 Å². The third kappa shape index (κ3) is 9.94. The molecule has 3 radical (unpaired) electrons. The van der Waals surface area contributed by atoms with Crippen molar-refractivity contribution in [1.29, 1.82) is 0 Å². The van der Waals surface area contributed by atoms with E-state index >= 15 is 0 Å². The molecule has 1 aromatic rings. The van der Waals surface area contributed by atoms with Gasteiger partial charge in [-0.15, -0.1) is 11.3 Å². The van der Waals surface area contributed by atoms with Gasteiger partial charge in [0.15, 0.2) is 16.9 Å². The summed E-state index contributed by atoms with van der Waals surface area (Å²) in [5, 5.41) is 15.5. The Hall–Kier alpha value is -0.400. The minimum absolute atomic E-state index is 0. The number of nitrogens with two attached hydrogens (primary N) is 1. The number of amides is 3. The molecule has 1 aliphatic rings. The van der Waals surface area contributed by atoms with Gasteiger partial charge in [0, 0.05) is 94.1 Å². The van der Waals surface area contributed by atoms with Crippen LogP contribution in [-0.4, -0.2) is 176 Å². The van der Waals surface area contributed by atoms with Crippen LogP contribution in [0.15, 0.2) is 10.5 Å². The summed E-state index contributed by atoms with van der Waals surface area (Å²) in [4.78, 5) is 56.9. The summed E-state index contributed by atoms with van der Waals surface area (Å²) in [5.74, 6) is -6.20. The molecule has 2 atom stereocenters. The Balaban J connectivity index is 0. The molecule has 0 aliphatic carbocycles. The molecule has 1 saturated heterocycles. The third-order valence-electron chi connectivity index (χ3n) is 3.94. The molecule has 191 valence electrons. The van der Waals surface area contributed by atoms with Crippen molar-refractivity contribution < 1.29 is 55.1 Å². The van der Waals surface area contributed by atoms with Gasteiger partial charge in [0.05, 0.1) is 0 Å². The van der Waals surface area contributed by atoms with Crippen LogP contribution in [0.1, 0.15) is 19.5 Å². The first-order chi connectivity index (χ1) is 15.3. The minimum atomic E-state index is -5.39. The van der Waals surface area contributed by atoms with Crippen molar-refractivity contribution in [3.8, 4) is 0 Å². The number of carboxylic acids is 1. The molecule has 18 nitrogen and oxygen atoms in total. The van der Waals surface area contributed by atoms with Gasteiger partial charge in [-0.05, 0) is 13.8 Å². The summed E-state index contributed by atoms with van der Waals surface area (Å²) >= 11 is 0.832. The fraction of sp³-hybridized carbons (Fsp3) is 0.385. The van der Waals surface area contributed by atoms with E-state index in [0.717, 1.165) is 29.9 Å². The molecule has 0 saturated carbocycles. The molecule has 0 spiro atoms. The van der Waals surface area contributed by atoms with Crippen molar-refractivity contribution >= 4 is 155 Å². The minimum Gasteiger partial charge on any atom is -0.478 e. The molecule has 24 heteroatoms. The van der Waals surface area contributed by atoms with E-state index in [4.69, 9.17) is 24.8 Å². The number of nitrogens with one attached hydrogen (secondary N) is 2. The van der Waals surface area contributed by atoms with E-state index in [0.29, 0.717) is 0 Å². The van der Waals surface area contributed by atoms with Crippen LogP contribution in [0.5, 0.6) is 0 Å². The largest absolute Gasteiger partial charge is 0.478 e. The van der Waals surface area contributed by atoms with E-state index in [1.54, 1.807) is 0 Å². The van der Waals surface area contributed by atoms with E-state index in [9.17, 15) is 36.0 Å². The summed E-state index contributed by atoms with van der Waals surface area (Å²) < 4.78 is 63.0. The SMILES string of the molecule is CC(C)(ON=C(C(=O)N[C@@H]1C(=O)N(S(=O)(=O)O)[C@@H]1C(=O)NS(=O)(=O)O)c1csc(N)n1)C(=O)O.[Na].[Na].[Na]. The molecule has 37 heavy (non-hydrogen) atoms. The predicted molar refractivity (Wildman–Crippen MR) is 127 cm³/mol. The maximum Gasteiger partial charge on any atom is 0.363 e. The van der Waals surface area contributed by atoms with Gasteiger partial charge in [-0.2, -0.15) is 21.1 Å². The quantitative estimate of drug-likeness (QED) is 0.0504. The molecule has 1 fully saturated rings. The van der Waals surface area contributed by atoms with Gasteiger partial charge >= 0.3 is 26.6 Å². The standard InChI is InChI=1S/C13H16N6O12S3.3Na/c1-13(2,11(23)24)31-17-5(4-3-32-12(14)15-4)8(20)16-6-7(9(21)18-33(25,26)27)19(10(6)22)34(28,29)30;;;/h3,6-7H,1-2H3,(H2,14,15)(H,16,20)(H,18,21)(H,23,24)(H,25,26,27)(H,28,29,30);;;/t6-,7-;;;/m0.../s1. The molecule has 0 aromatic carbocycles. The Labute approximate surface area is 279 Å². The number of hydrogen-bond donors (Lipinski definition) is 6. The summed E-state index contributed by atoms with van der Waals surface area (Å²) in [5.41, 5.74) is 2.53. The van der Waals surface area contributed by atoms with E-state index in [1.807, 2.05) is 5.32 Å². The first kappa shape index (κ1) is 38.7. The molecular formula is C13H16N6Na3O12S3. The predicted octanol–water partition coefficient (Wildman–Crippen LogP) is -4.42. The van der Waals surface area contributed by atoms with Crippen LogP contribution < -0.4 is 15.8 Å². The number of nitrogens with zero attached hydrogens (tertiary/aromatic N) is 3. The van der Waals surface area contributed by atoms with Gasteiger partial charge in [-0.3, -0.25) is 23.5 Å². The number of aliphatic carboxylic acids is 1. The van der Waals surface area contributed by atoms with Gasteiger partial charge in [-0.25, -0.2) is 14.5 Å². The van der Waals surface area contributed by atoms with E-state index in [-0.39, 0.29) is 99.5 Å². The maximum atomic E-state index is 12.8. The molecule has 1 aromatic heterocycles. The second-order valence-corrected chi connectivity index (χ2v) is 10.2. The van der Waals surface area contributed by atoms with Gasteiger partial charge in [0.1, 0.15) is 11.7 Å². The van der Waals surface area contributed by atoms with Gasteiger partial charge in [-0.1, -0.05) is 5.16 Å². The fourth-order valence-electron chi connectivity index (χ4n) is 2.32. The van der Waals surface area contributed by atoms with Gasteiger partial charge < -0.3 is 21.0 Å². The number of carbonyl (C=O) groups is 4. The number of carboxylic acid groups (broad SMARTS) is 1. The fourth-order valence-corrected chi connectivity index (χ4v) is 4.08. The molecule has 7 N–H and O–H groups in total. The number of carbonyl (C=O) groups excluding carboxylic acids is 3. The Kier molecular flexibility index (Phi) is 15.0. The van der Waals surface area contributed by atoms with Crippen molar-refractivity contribution in [2.45, 2.75) is 31.5 Å².